The molecule has 0 fully saturated rings. The Labute approximate surface area is 102 Å². The zero-order valence-corrected chi connectivity index (χ0v) is 10.4. The molecule has 4 heteroatoms. The van der Waals surface area contributed by atoms with Gasteiger partial charge in [0.2, 0.25) is 0 Å². The number of ketones is 1. The summed E-state index contributed by atoms with van der Waals surface area (Å²) in [5, 5.41) is 0. The lowest BCUT2D eigenvalue weighted by molar-refractivity contribution is -0.122. The number of Topliss-reactive ketones (excluding diaryl/α,β-unsaturated/α-hetero) is 1. The van der Waals surface area contributed by atoms with Crippen molar-refractivity contribution in [2.75, 3.05) is 26.9 Å². The van der Waals surface area contributed by atoms with E-state index in [1.807, 2.05) is 25.1 Å². The maximum absolute atomic E-state index is 11.6. The van der Waals surface area contributed by atoms with Gasteiger partial charge < -0.3 is 15.2 Å². The van der Waals surface area contributed by atoms with Crippen LogP contribution in [-0.4, -0.2) is 32.7 Å². The fourth-order valence-corrected chi connectivity index (χ4v) is 1.58. The van der Waals surface area contributed by atoms with Crippen LogP contribution < -0.4 is 10.5 Å². The average Bonchev–Trinajstić information content (AvgIpc) is 2.29. The van der Waals surface area contributed by atoms with Crippen LogP contribution in [-0.2, 0) is 16.0 Å². The predicted molar refractivity (Wildman–Crippen MR) is 66.3 cm³/mol. The molecule has 1 rings (SSSR count). The topological polar surface area (TPSA) is 61.5 Å². The second-order valence-electron chi connectivity index (χ2n) is 3.87. The molecule has 0 radical (unpaired) electrons. The van der Waals surface area contributed by atoms with E-state index in [1.54, 1.807) is 7.11 Å². The van der Waals surface area contributed by atoms with Crippen LogP contribution >= 0.6 is 0 Å². The van der Waals surface area contributed by atoms with Crippen molar-refractivity contribution in [3.63, 3.8) is 0 Å². The zero-order chi connectivity index (χ0) is 12.7. The van der Waals surface area contributed by atoms with Gasteiger partial charge in [-0.1, -0.05) is 17.7 Å². The summed E-state index contributed by atoms with van der Waals surface area (Å²) < 4.78 is 10.3. The number of aryl methyl sites for hydroxylation is 1. The molecule has 0 heterocycles. The highest BCUT2D eigenvalue weighted by Crippen LogP contribution is 2.20. The molecule has 0 aliphatic carbocycles. The number of nitrogens with two attached hydrogens (primary N) is 1. The molecule has 0 saturated carbocycles. The summed E-state index contributed by atoms with van der Waals surface area (Å²) in [5.74, 6) is 0.769. The third kappa shape index (κ3) is 4.54. The summed E-state index contributed by atoms with van der Waals surface area (Å²) in [6.07, 6.45) is 0.329. The Kier molecular flexibility index (Phi) is 5.66. The molecule has 1 aromatic carbocycles. The Morgan fingerprint density at radius 3 is 2.82 bits per heavy atom. The largest absolute Gasteiger partial charge is 0.496 e. The molecule has 0 aromatic heterocycles. The van der Waals surface area contributed by atoms with E-state index in [2.05, 4.69) is 0 Å². The molecule has 0 aliphatic rings. The zero-order valence-electron chi connectivity index (χ0n) is 10.4. The number of ether oxygens (including phenoxy) is 2. The number of benzene rings is 1. The van der Waals surface area contributed by atoms with Crippen molar-refractivity contribution < 1.29 is 14.3 Å². The highest BCUT2D eigenvalue weighted by molar-refractivity contribution is 5.82. The van der Waals surface area contributed by atoms with Crippen LogP contribution in [0.15, 0.2) is 18.2 Å². The van der Waals surface area contributed by atoms with Crippen LogP contribution in [0.5, 0.6) is 5.75 Å². The highest BCUT2D eigenvalue weighted by Gasteiger charge is 2.09. The van der Waals surface area contributed by atoms with Crippen molar-refractivity contribution in [2.24, 2.45) is 5.73 Å². The molecule has 94 valence electrons. The number of methoxy groups -OCH3 is 1. The summed E-state index contributed by atoms with van der Waals surface area (Å²) in [6, 6.07) is 5.79. The normalized spacial score (nSPS) is 10.3. The van der Waals surface area contributed by atoms with Crippen molar-refractivity contribution in [3.8, 4) is 5.75 Å². The van der Waals surface area contributed by atoms with Gasteiger partial charge >= 0.3 is 0 Å². The fourth-order valence-electron chi connectivity index (χ4n) is 1.58. The van der Waals surface area contributed by atoms with Gasteiger partial charge in [-0.3, -0.25) is 4.79 Å². The molecular weight excluding hydrogens is 218 g/mol. The first-order valence-electron chi connectivity index (χ1n) is 5.60. The van der Waals surface area contributed by atoms with E-state index in [0.717, 1.165) is 16.9 Å². The second-order valence-corrected chi connectivity index (χ2v) is 3.87. The molecule has 0 saturated heterocycles. The van der Waals surface area contributed by atoms with Crippen LogP contribution in [0.2, 0.25) is 0 Å². The lowest BCUT2D eigenvalue weighted by Crippen LogP contribution is -2.16. The van der Waals surface area contributed by atoms with E-state index in [1.165, 1.54) is 0 Å². The number of hydrogen-bond donors (Lipinski definition) is 1. The Balaban J connectivity index is 2.60. The standard InChI is InChI=1S/C13H19NO3/c1-10-3-4-13(16-2)11(7-10)8-12(15)9-17-6-5-14/h3-4,7H,5-6,8-9,14H2,1-2H3. The van der Waals surface area contributed by atoms with Crippen LogP contribution in [0.3, 0.4) is 0 Å². The van der Waals surface area contributed by atoms with Crippen LogP contribution in [0.1, 0.15) is 11.1 Å². The Morgan fingerprint density at radius 2 is 2.18 bits per heavy atom. The maximum Gasteiger partial charge on any atom is 0.162 e. The smallest absolute Gasteiger partial charge is 0.162 e. The number of carbonyl (C=O) groups is 1. The lowest BCUT2D eigenvalue weighted by Gasteiger charge is -2.09. The number of carbonyl (C=O) groups excluding carboxylic acids is 1. The van der Waals surface area contributed by atoms with E-state index < -0.39 is 0 Å². The minimum absolute atomic E-state index is 0.0300. The Bertz CT molecular complexity index is 377. The molecule has 0 spiro atoms. The van der Waals surface area contributed by atoms with E-state index in [-0.39, 0.29) is 12.4 Å². The molecule has 17 heavy (non-hydrogen) atoms. The number of hydrogen-bond acceptors (Lipinski definition) is 4. The first-order chi connectivity index (χ1) is 8.17. The van der Waals surface area contributed by atoms with Crippen molar-refractivity contribution in [3.05, 3.63) is 29.3 Å². The summed E-state index contributed by atoms with van der Waals surface area (Å²) in [6.45, 7) is 2.93. The van der Waals surface area contributed by atoms with E-state index in [0.29, 0.717) is 19.6 Å². The first-order valence-corrected chi connectivity index (χ1v) is 5.60. The number of rotatable bonds is 7. The summed E-state index contributed by atoms with van der Waals surface area (Å²) in [5.41, 5.74) is 7.28. The van der Waals surface area contributed by atoms with Gasteiger partial charge in [0.25, 0.3) is 0 Å². The molecular formula is C13H19NO3. The molecule has 0 amide bonds. The van der Waals surface area contributed by atoms with Crippen LogP contribution in [0.25, 0.3) is 0 Å². The van der Waals surface area contributed by atoms with Gasteiger partial charge in [0.15, 0.2) is 5.78 Å². The van der Waals surface area contributed by atoms with Crippen LogP contribution in [0.4, 0.5) is 0 Å². The monoisotopic (exact) mass is 237 g/mol. The van der Waals surface area contributed by atoms with Crippen molar-refractivity contribution >= 4 is 5.78 Å². The van der Waals surface area contributed by atoms with Gasteiger partial charge in [0, 0.05) is 18.5 Å². The fraction of sp³-hybridized carbons (Fsp3) is 0.462. The molecule has 0 bridgehead atoms. The maximum atomic E-state index is 11.6. The second kappa shape index (κ2) is 7.04. The van der Waals surface area contributed by atoms with Gasteiger partial charge in [-0.25, -0.2) is 0 Å². The van der Waals surface area contributed by atoms with Gasteiger partial charge in [-0.05, 0) is 13.0 Å². The van der Waals surface area contributed by atoms with Crippen LogP contribution in [0, 0.1) is 6.92 Å². The van der Waals surface area contributed by atoms with Gasteiger partial charge in [0.1, 0.15) is 12.4 Å². The van der Waals surface area contributed by atoms with Crippen molar-refractivity contribution in [2.45, 2.75) is 13.3 Å². The third-order valence-electron chi connectivity index (χ3n) is 2.35. The summed E-state index contributed by atoms with van der Waals surface area (Å²) in [7, 11) is 1.60. The quantitative estimate of drug-likeness (QED) is 0.721. The van der Waals surface area contributed by atoms with Gasteiger partial charge in [-0.2, -0.15) is 0 Å². The molecule has 0 aliphatic heterocycles. The average molecular weight is 237 g/mol. The van der Waals surface area contributed by atoms with Gasteiger partial charge in [-0.15, -0.1) is 0 Å². The predicted octanol–water partition coefficient (Wildman–Crippen LogP) is 1.09. The lowest BCUT2D eigenvalue weighted by atomic mass is 10.1. The van der Waals surface area contributed by atoms with E-state index in [9.17, 15) is 4.79 Å². The van der Waals surface area contributed by atoms with E-state index in [4.69, 9.17) is 15.2 Å². The molecule has 0 unspecified atom stereocenters. The molecule has 2 N–H and O–H groups in total. The summed E-state index contributed by atoms with van der Waals surface area (Å²) in [4.78, 5) is 11.6. The summed E-state index contributed by atoms with van der Waals surface area (Å²) >= 11 is 0. The Morgan fingerprint density at radius 1 is 1.41 bits per heavy atom. The molecule has 0 atom stereocenters. The van der Waals surface area contributed by atoms with Gasteiger partial charge in [0.05, 0.1) is 13.7 Å². The van der Waals surface area contributed by atoms with Crippen molar-refractivity contribution in [1.29, 1.82) is 0 Å². The Hall–Kier alpha value is -1.39. The SMILES string of the molecule is COc1ccc(C)cc1CC(=O)COCCN. The minimum atomic E-state index is 0.0300. The highest BCUT2D eigenvalue weighted by atomic mass is 16.5. The molecule has 1 aromatic rings. The van der Waals surface area contributed by atoms with E-state index >= 15 is 0 Å². The molecule has 4 nitrogen and oxygen atoms in total. The first kappa shape index (κ1) is 13.7. The minimum Gasteiger partial charge on any atom is -0.496 e. The van der Waals surface area contributed by atoms with Crippen molar-refractivity contribution in [1.82, 2.24) is 0 Å². The third-order valence-corrected chi connectivity index (χ3v) is 2.35.